The second-order valence-corrected chi connectivity index (χ2v) is 2.50. The first-order chi connectivity index (χ1) is 4.43. The molecule has 2 heteroatoms. The standard InChI is InChI=1S/C7H15NO/c1-2-3-4-5-7-8-6-9-7/h7-8H,2-6H2,1H3. The van der Waals surface area contributed by atoms with Gasteiger partial charge in [0.2, 0.25) is 0 Å². The second-order valence-electron chi connectivity index (χ2n) is 2.50. The first-order valence-electron chi connectivity index (χ1n) is 3.78. The molecule has 54 valence electrons. The molecule has 1 N–H and O–H groups in total. The van der Waals surface area contributed by atoms with E-state index in [-0.39, 0.29) is 0 Å². The minimum atomic E-state index is 0.386. The number of nitrogens with one attached hydrogen (secondary N) is 1. The summed E-state index contributed by atoms with van der Waals surface area (Å²) in [5, 5.41) is 3.18. The molecule has 0 bridgehead atoms. The molecule has 1 aliphatic rings. The maximum absolute atomic E-state index is 5.17. The van der Waals surface area contributed by atoms with Crippen molar-refractivity contribution in [1.82, 2.24) is 5.32 Å². The van der Waals surface area contributed by atoms with E-state index in [1.54, 1.807) is 0 Å². The van der Waals surface area contributed by atoms with Crippen LogP contribution in [0.15, 0.2) is 0 Å². The highest BCUT2D eigenvalue weighted by Gasteiger charge is 2.14. The van der Waals surface area contributed by atoms with Crippen molar-refractivity contribution in [3.8, 4) is 0 Å². The Balaban J connectivity index is 1.80. The molecule has 1 fully saturated rings. The Morgan fingerprint density at radius 3 is 2.78 bits per heavy atom. The van der Waals surface area contributed by atoms with Crippen LogP contribution in [-0.4, -0.2) is 13.0 Å². The van der Waals surface area contributed by atoms with Gasteiger partial charge in [-0.05, 0) is 12.8 Å². The number of unbranched alkanes of at least 4 members (excludes halogenated alkanes) is 2. The normalized spacial score (nSPS) is 25.7. The fraction of sp³-hybridized carbons (Fsp3) is 1.00. The van der Waals surface area contributed by atoms with Crippen LogP contribution < -0.4 is 5.32 Å². The summed E-state index contributed by atoms with van der Waals surface area (Å²) >= 11 is 0. The summed E-state index contributed by atoms with van der Waals surface area (Å²) in [4.78, 5) is 0. The molecule has 1 saturated heterocycles. The van der Waals surface area contributed by atoms with Crippen LogP contribution in [0, 0.1) is 0 Å². The summed E-state index contributed by atoms with van der Waals surface area (Å²) in [6.07, 6.45) is 5.51. The first kappa shape index (κ1) is 7.03. The van der Waals surface area contributed by atoms with Crippen molar-refractivity contribution in [1.29, 1.82) is 0 Å². The molecule has 0 aromatic carbocycles. The lowest BCUT2D eigenvalue weighted by molar-refractivity contribution is -0.0932. The van der Waals surface area contributed by atoms with Crippen LogP contribution in [0.3, 0.4) is 0 Å². The summed E-state index contributed by atoms with van der Waals surface area (Å²) in [5.74, 6) is 0. The van der Waals surface area contributed by atoms with Crippen molar-refractivity contribution in [2.75, 3.05) is 6.73 Å². The molecule has 9 heavy (non-hydrogen) atoms. The van der Waals surface area contributed by atoms with Crippen molar-refractivity contribution < 1.29 is 4.74 Å². The van der Waals surface area contributed by atoms with E-state index >= 15 is 0 Å². The van der Waals surface area contributed by atoms with Gasteiger partial charge in [-0.3, -0.25) is 5.32 Å². The summed E-state index contributed by atoms with van der Waals surface area (Å²) in [6.45, 7) is 2.98. The molecule has 1 atom stereocenters. The third-order valence-corrected chi connectivity index (χ3v) is 1.67. The van der Waals surface area contributed by atoms with Gasteiger partial charge >= 0.3 is 0 Å². The summed E-state index contributed by atoms with van der Waals surface area (Å²) in [6, 6.07) is 0. The van der Waals surface area contributed by atoms with E-state index in [9.17, 15) is 0 Å². The van der Waals surface area contributed by atoms with Crippen LogP contribution in [0.5, 0.6) is 0 Å². The van der Waals surface area contributed by atoms with Gasteiger partial charge in [0.05, 0.1) is 0 Å². The van der Waals surface area contributed by atoms with E-state index in [2.05, 4.69) is 12.2 Å². The Morgan fingerprint density at radius 1 is 1.56 bits per heavy atom. The van der Waals surface area contributed by atoms with Gasteiger partial charge in [-0.1, -0.05) is 19.8 Å². The van der Waals surface area contributed by atoms with E-state index in [0.717, 1.165) is 6.73 Å². The topological polar surface area (TPSA) is 21.3 Å². The zero-order valence-electron chi connectivity index (χ0n) is 6.02. The van der Waals surface area contributed by atoms with Crippen LogP contribution in [0.25, 0.3) is 0 Å². The quantitative estimate of drug-likeness (QED) is 0.580. The third kappa shape index (κ3) is 2.33. The Bertz CT molecular complexity index is 71.3. The average Bonchev–Trinajstić information content (AvgIpc) is 1.76. The molecule has 0 radical (unpaired) electrons. The SMILES string of the molecule is CCCCCC1NCO1. The van der Waals surface area contributed by atoms with Crippen LogP contribution in [0.1, 0.15) is 32.6 Å². The summed E-state index contributed by atoms with van der Waals surface area (Å²) < 4.78 is 5.17. The van der Waals surface area contributed by atoms with Gasteiger partial charge in [-0.2, -0.15) is 0 Å². The summed E-state index contributed by atoms with van der Waals surface area (Å²) in [7, 11) is 0. The van der Waals surface area contributed by atoms with Gasteiger partial charge in [-0.15, -0.1) is 0 Å². The van der Waals surface area contributed by atoms with E-state index in [1.165, 1.54) is 25.7 Å². The lowest BCUT2D eigenvalue weighted by atomic mass is 10.2. The fourth-order valence-corrected chi connectivity index (χ4v) is 0.966. The molecule has 1 heterocycles. The second kappa shape index (κ2) is 3.85. The lowest BCUT2D eigenvalue weighted by Gasteiger charge is -2.27. The Labute approximate surface area is 56.6 Å². The van der Waals surface area contributed by atoms with Gasteiger partial charge in [-0.25, -0.2) is 0 Å². The van der Waals surface area contributed by atoms with Gasteiger partial charge in [0.1, 0.15) is 13.0 Å². The maximum Gasteiger partial charge on any atom is 0.111 e. The number of hydrogen-bond donors (Lipinski definition) is 1. The smallest absolute Gasteiger partial charge is 0.111 e. The zero-order valence-corrected chi connectivity index (χ0v) is 6.02. The van der Waals surface area contributed by atoms with E-state index in [0.29, 0.717) is 6.23 Å². The Kier molecular flexibility index (Phi) is 3.01. The molecule has 1 unspecified atom stereocenters. The highest BCUT2D eigenvalue weighted by atomic mass is 16.6. The van der Waals surface area contributed by atoms with Crippen LogP contribution in [-0.2, 0) is 4.74 Å². The van der Waals surface area contributed by atoms with Gasteiger partial charge in [0.15, 0.2) is 0 Å². The Hall–Kier alpha value is -0.0800. The Morgan fingerprint density at radius 2 is 2.33 bits per heavy atom. The first-order valence-corrected chi connectivity index (χ1v) is 3.78. The molecule has 2 nitrogen and oxygen atoms in total. The molecule has 0 aliphatic carbocycles. The molecule has 0 saturated carbocycles. The molecular formula is C7H15NO. The third-order valence-electron chi connectivity index (χ3n) is 1.67. The van der Waals surface area contributed by atoms with Crippen molar-refractivity contribution >= 4 is 0 Å². The number of hydrogen-bond acceptors (Lipinski definition) is 2. The van der Waals surface area contributed by atoms with Gasteiger partial charge in [0, 0.05) is 0 Å². The highest BCUT2D eigenvalue weighted by Crippen LogP contribution is 2.08. The molecule has 0 spiro atoms. The number of ether oxygens (including phenoxy) is 1. The van der Waals surface area contributed by atoms with Gasteiger partial charge in [0.25, 0.3) is 0 Å². The number of rotatable bonds is 4. The van der Waals surface area contributed by atoms with Crippen LogP contribution in [0.2, 0.25) is 0 Å². The molecular weight excluding hydrogens is 114 g/mol. The van der Waals surface area contributed by atoms with Crippen LogP contribution >= 0.6 is 0 Å². The zero-order chi connectivity index (χ0) is 6.53. The minimum Gasteiger partial charge on any atom is -0.348 e. The fourth-order valence-electron chi connectivity index (χ4n) is 0.966. The molecule has 0 amide bonds. The minimum absolute atomic E-state index is 0.386. The molecule has 0 aromatic rings. The maximum atomic E-state index is 5.17. The van der Waals surface area contributed by atoms with E-state index in [4.69, 9.17) is 4.74 Å². The predicted octanol–water partition coefficient (Wildman–Crippen LogP) is 1.47. The predicted molar refractivity (Wildman–Crippen MR) is 37.0 cm³/mol. The highest BCUT2D eigenvalue weighted by molar-refractivity contribution is 4.59. The van der Waals surface area contributed by atoms with Crippen molar-refractivity contribution in [3.63, 3.8) is 0 Å². The van der Waals surface area contributed by atoms with Crippen LogP contribution in [0.4, 0.5) is 0 Å². The summed E-state index contributed by atoms with van der Waals surface area (Å²) in [5.41, 5.74) is 0. The molecule has 0 aromatic heterocycles. The molecule has 1 rings (SSSR count). The lowest BCUT2D eigenvalue weighted by Crippen LogP contribution is -2.45. The monoisotopic (exact) mass is 129 g/mol. The van der Waals surface area contributed by atoms with E-state index < -0.39 is 0 Å². The largest absolute Gasteiger partial charge is 0.348 e. The van der Waals surface area contributed by atoms with Crippen molar-refractivity contribution in [2.24, 2.45) is 0 Å². The van der Waals surface area contributed by atoms with Gasteiger partial charge < -0.3 is 4.74 Å². The van der Waals surface area contributed by atoms with Crippen molar-refractivity contribution in [2.45, 2.75) is 38.8 Å². The average molecular weight is 129 g/mol. The van der Waals surface area contributed by atoms with E-state index in [1.807, 2.05) is 0 Å². The van der Waals surface area contributed by atoms with Crippen molar-refractivity contribution in [3.05, 3.63) is 0 Å². The molecule has 1 aliphatic heterocycles.